The van der Waals surface area contributed by atoms with E-state index >= 15 is 0 Å². The van der Waals surface area contributed by atoms with E-state index in [0.29, 0.717) is 12.4 Å². The van der Waals surface area contributed by atoms with Gasteiger partial charge in [-0.25, -0.2) is 9.78 Å². The average molecular weight is 355 g/mol. The number of rotatable bonds is 5. The van der Waals surface area contributed by atoms with Crippen molar-refractivity contribution in [2.45, 2.75) is 25.3 Å². The van der Waals surface area contributed by atoms with Crippen LogP contribution in [0.25, 0.3) is 0 Å². The molecule has 3 rings (SSSR count). The zero-order valence-electron chi connectivity index (χ0n) is 14.3. The maximum absolute atomic E-state index is 12.1. The van der Waals surface area contributed by atoms with Gasteiger partial charge in [0.25, 0.3) is 5.69 Å². The third kappa shape index (κ3) is 4.47. The summed E-state index contributed by atoms with van der Waals surface area (Å²) >= 11 is 0. The van der Waals surface area contributed by atoms with Crippen LogP contribution in [0.1, 0.15) is 19.3 Å². The molecule has 2 aromatic rings. The number of piperidine rings is 1. The number of benzene rings is 1. The Balaban J connectivity index is 1.60. The van der Waals surface area contributed by atoms with Gasteiger partial charge in [0.1, 0.15) is 12.0 Å². The lowest BCUT2D eigenvalue weighted by atomic mass is 10.0. The lowest BCUT2D eigenvalue weighted by Gasteiger charge is -2.36. The van der Waals surface area contributed by atoms with E-state index in [1.54, 1.807) is 6.07 Å². The minimum Gasteiger partial charge on any atom is -0.352 e. The predicted molar refractivity (Wildman–Crippen MR) is 99.3 cm³/mol. The largest absolute Gasteiger partial charge is 0.352 e. The molecule has 1 aliphatic rings. The van der Waals surface area contributed by atoms with Gasteiger partial charge in [0.2, 0.25) is 0 Å². The first-order chi connectivity index (χ1) is 12.6. The first-order valence-electron chi connectivity index (χ1n) is 8.60. The summed E-state index contributed by atoms with van der Waals surface area (Å²) in [5.41, 5.74) is 0.713. The van der Waals surface area contributed by atoms with Crippen molar-refractivity contribution < 1.29 is 9.72 Å². The van der Waals surface area contributed by atoms with E-state index in [1.807, 2.05) is 30.3 Å². The Bertz CT molecular complexity index is 751. The Kier molecular flexibility index (Phi) is 5.62. The topological polar surface area (TPSA) is 100 Å². The van der Waals surface area contributed by atoms with Crippen LogP contribution >= 0.6 is 0 Å². The number of nitrogens with one attached hydrogen (secondary N) is 2. The van der Waals surface area contributed by atoms with Gasteiger partial charge in [-0.1, -0.05) is 18.2 Å². The lowest BCUT2D eigenvalue weighted by Crippen LogP contribution is -2.48. The van der Waals surface area contributed by atoms with E-state index in [0.717, 1.165) is 31.5 Å². The second-order valence-electron chi connectivity index (χ2n) is 6.18. The molecule has 136 valence electrons. The maximum atomic E-state index is 12.1. The normalized spacial score (nSPS) is 16.8. The fraction of sp³-hybridized carbons (Fsp3) is 0.333. The highest BCUT2D eigenvalue weighted by Crippen LogP contribution is 2.24. The van der Waals surface area contributed by atoms with Gasteiger partial charge in [-0.2, -0.15) is 0 Å². The van der Waals surface area contributed by atoms with Gasteiger partial charge in [0, 0.05) is 30.9 Å². The molecule has 0 bridgehead atoms. The molecule has 1 saturated heterocycles. The molecule has 8 heteroatoms. The number of urea groups is 1. The summed E-state index contributed by atoms with van der Waals surface area (Å²) in [6, 6.07) is 12.3. The highest BCUT2D eigenvalue weighted by molar-refractivity contribution is 5.89. The molecule has 0 aliphatic carbocycles. The average Bonchev–Trinajstić information content (AvgIpc) is 2.67. The van der Waals surface area contributed by atoms with Gasteiger partial charge in [-0.05, 0) is 37.5 Å². The lowest BCUT2D eigenvalue weighted by molar-refractivity contribution is -0.385. The summed E-state index contributed by atoms with van der Waals surface area (Å²) in [7, 11) is 0. The molecule has 1 aromatic carbocycles. The highest BCUT2D eigenvalue weighted by Gasteiger charge is 2.24. The van der Waals surface area contributed by atoms with Crippen molar-refractivity contribution in [3.05, 3.63) is 58.8 Å². The van der Waals surface area contributed by atoms with Crippen molar-refractivity contribution in [2.24, 2.45) is 0 Å². The summed E-state index contributed by atoms with van der Waals surface area (Å²) in [6.45, 7) is 1.30. The number of nitro groups is 1. The van der Waals surface area contributed by atoms with Crippen molar-refractivity contribution in [3.8, 4) is 0 Å². The molecule has 0 spiro atoms. The second-order valence-corrected chi connectivity index (χ2v) is 6.18. The minimum atomic E-state index is -0.458. The Morgan fingerprint density at radius 3 is 2.73 bits per heavy atom. The molecule has 1 atom stereocenters. The van der Waals surface area contributed by atoms with Crippen LogP contribution in [0.4, 0.5) is 22.0 Å². The van der Waals surface area contributed by atoms with E-state index in [1.165, 1.54) is 12.3 Å². The van der Waals surface area contributed by atoms with Crippen LogP contribution in [0.2, 0.25) is 0 Å². The molecule has 1 fully saturated rings. The molecule has 0 saturated carbocycles. The number of hydrogen-bond donors (Lipinski definition) is 2. The molecular weight excluding hydrogens is 334 g/mol. The van der Waals surface area contributed by atoms with Gasteiger partial charge >= 0.3 is 6.03 Å². The van der Waals surface area contributed by atoms with Crippen molar-refractivity contribution in [1.82, 2.24) is 10.3 Å². The number of carbonyl (C=O) groups is 1. The zero-order chi connectivity index (χ0) is 18.4. The monoisotopic (exact) mass is 355 g/mol. The number of para-hydroxylation sites is 1. The third-order valence-corrected chi connectivity index (χ3v) is 4.39. The summed E-state index contributed by atoms with van der Waals surface area (Å²) < 4.78 is 0. The van der Waals surface area contributed by atoms with Gasteiger partial charge in [0.05, 0.1) is 4.92 Å². The molecule has 1 aliphatic heterocycles. The Morgan fingerprint density at radius 2 is 2.04 bits per heavy atom. The van der Waals surface area contributed by atoms with Gasteiger partial charge in [0.15, 0.2) is 0 Å². The van der Waals surface area contributed by atoms with Crippen molar-refractivity contribution in [1.29, 1.82) is 0 Å². The fourth-order valence-corrected chi connectivity index (χ4v) is 3.08. The number of pyridine rings is 1. The number of carbonyl (C=O) groups excluding carboxylic acids is 1. The number of amides is 2. The van der Waals surface area contributed by atoms with E-state index in [2.05, 4.69) is 20.5 Å². The Labute approximate surface area is 151 Å². The van der Waals surface area contributed by atoms with Crippen molar-refractivity contribution >= 4 is 23.2 Å². The first kappa shape index (κ1) is 17.7. The molecule has 2 N–H and O–H groups in total. The SMILES string of the molecule is O=C(NCC1CCCCN1c1ccc([N+](=O)[O-])cn1)Nc1ccccc1. The second kappa shape index (κ2) is 8.28. The minimum absolute atomic E-state index is 0.0253. The number of hydrogen-bond acceptors (Lipinski definition) is 5. The molecule has 2 heterocycles. The number of aromatic nitrogens is 1. The van der Waals surface area contributed by atoms with Crippen LogP contribution in [-0.2, 0) is 0 Å². The maximum Gasteiger partial charge on any atom is 0.319 e. The van der Waals surface area contributed by atoms with Gasteiger partial charge in [-0.15, -0.1) is 0 Å². The Morgan fingerprint density at radius 1 is 1.23 bits per heavy atom. The third-order valence-electron chi connectivity index (χ3n) is 4.39. The molecule has 2 amide bonds. The van der Waals surface area contributed by atoms with Crippen LogP contribution < -0.4 is 15.5 Å². The standard InChI is InChI=1S/C18H21N5O3/c24-18(21-14-6-2-1-3-7-14)20-12-15-8-4-5-11-22(15)17-10-9-16(13-19-17)23(25)26/h1-3,6-7,9-10,13,15H,4-5,8,11-12H2,(H2,20,21,24). The summed E-state index contributed by atoms with van der Waals surface area (Å²) in [6.07, 6.45) is 4.32. The van der Waals surface area contributed by atoms with E-state index < -0.39 is 4.92 Å². The van der Waals surface area contributed by atoms with E-state index in [9.17, 15) is 14.9 Å². The molecule has 1 aromatic heterocycles. The van der Waals surface area contributed by atoms with Crippen LogP contribution in [0, 0.1) is 10.1 Å². The quantitative estimate of drug-likeness (QED) is 0.634. The molecule has 8 nitrogen and oxygen atoms in total. The smallest absolute Gasteiger partial charge is 0.319 e. The fourth-order valence-electron chi connectivity index (χ4n) is 3.08. The predicted octanol–water partition coefficient (Wildman–Crippen LogP) is 3.17. The van der Waals surface area contributed by atoms with E-state index in [4.69, 9.17) is 0 Å². The van der Waals surface area contributed by atoms with Crippen LogP contribution in [0.15, 0.2) is 48.7 Å². The van der Waals surface area contributed by atoms with E-state index in [-0.39, 0.29) is 17.8 Å². The van der Waals surface area contributed by atoms with Crippen LogP contribution in [0.5, 0.6) is 0 Å². The van der Waals surface area contributed by atoms with Crippen molar-refractivity contribution in [3.63, 3.8) is 0 Å². The van der Waals surface area contributed by atoms with Crippen LogP contribution in [0.3, 0.4) is 0 Å². The molecule has 0 radical (unpaired) electrons. The van der Waals surface area contributed by atoms with Gasteiger partial charge < -0.3 is 15.5 Å². The molecule has 1 unspecified atom stereocenters. The van der Waals surface area contributed by atoms with Gasteiger partial charge in [-0.3, -0.25) is 10.1 Å². The summed E-state index contributed by atoms with van der Waals surface area (Å²) in [5, 5.41) is 16.5. The van der Waals surface area contributed by atoms with Crippen LogP contribution in [-0.4, -0.2) is 35.1 Å². The molecule has 26 heavy (non-hydrogen) atoms. The first-order valence-corrected chi connectivity index (χ1v) is 8.60. The Hall–Kier alpha value is -3.16. The van der Waals surface area contributed by atoms with Crippen molar-refractivity contribution in [2.75, 3.05) is 23.3 Å². The molecular formula is C18H21N5O3. The number of nitrogens with zero attached hydrogens (tertiary/aromatic N) is 3. The highest BCUT2D eigenvalue weighted by atomic mass is 16.6. The summed E-state index contributed by atoms with van der Waals surface area (Å²) in [5.74, 6) is 0.700. The summed E-state index contributed by atoms with van der Waals surface area (Å²) in [4.78, 5) is 28.7. The number of anilines is 2. The zero-order valence-corrected chi connectivity index (χ0v) is 14.3.